The predicted octanol–water partition coefficient (Wildman–Crippen LogP) is 1.34. The second-order valence-corrected chi connectivity index (χ2v) is 2.79. The SMILES string of the molecule is CC1=CC(=O)c2[nH]ccc2C1=O. The molecule has 0 bridgehead atoms. The molecule has 0 fully saturated rings. The van der Waals surface area contributed by atoms with Crippen LogP contribution in [0.3, 0.4) is 0 Å². The smallest absolute Gasteiger partial charge is 0.203 e. The lowest BCUT2D eigenvalue weighted by Gasteiger charge is -2.06. The Balaban J connectivity index is 2.67. The highest BCUT2D eigenvalue weighted by Gasteiger charge is 2.23. The zero-order chi connectivity index (χ0) is 8.72. The molecular weight excluding hydrogens is 154 g/mol. The van der Waals surface area contributed by atoms with Crippen molar-refractivity contribution in [3.8, 4) is 0 Å². The summed E-state index contributed by atoms with van der Waals surface area (Å²) in [5.74, 6) is -0.182. The highest BCUT2D eigenvalue weighted by Crippen LogP contribution is 2.18. The Labute approximate surface area is 69.1 Å². The molecule has 1 aromatic rings. The Morgan fingerprint density at radius 2 is 2.08 bits per heavy atom. The molecule has 1 heterocycles. The molecule has 1 N–H and O–H groups in total. The van der Waals surface area contributed by atoms with Gasteiger partial charge in [-0.25, -0.2) is 0 Å². The van der Waals surface area contributed by atoms with Gasteiger partial charge >= 0.3 is 0 Å². The zero-order valence-electron chi connectivity index (χ0n) is 6.55. The molecule has 12 heavy (non-hydrogen) atoms. The summed E-state index contributed by atoms with van der Waals surface area (Å²) in [7, 11) is 0. The average molecular weight is 161 g/mol. The number of allylic oxidation sites excluding steroid dienone is 2. The number of aromatic nitrogens is 1. The number of carbonyl (C=O) groups excluding carboxylic acids is 2. The lowest BCUT2D eigenvalue weighted by atomic mass is 9.96. The van der Waals surface area contributed by atoms with Crippen LogP contribution in [0.25, 0.3) is 0 Å². The van der Waals surface area contributed by atoms with Crippen molar-refractivity contribution in [3.63, 3.8) is 0 Å². The maximum Gasteiger partial charge on any atom is 0.203 e. The van der Waals surface area contributed by atoms with Gasteiger partial charge in [-0.2, -0.15) is 0 Å². The van der Waals surface area contributed by atoms with E-state index in [0.717, 1.165) is 0 Å². The van der Waals surface area contributed by atoms with Crippen molar-refractivity contribution < 1.29 is 9.59 Å². The molecule has 0 spiro atoms. The molecule has 0 saturated carbocycles. The van der Waals surface area contributed by atoms with E-state index in [2.05, 4.69) is 4.98 Å². The largest absolute Gasteiger partial charge is 0.358 e. The first kappa shape index (κ1) is 7.03. The van der Waals surface area contributed by atoms with Gasteiger partial charge in [-0.1, -0.05) is 0 Å². The van der Waals surface area contributed by atoms with Gasteiger partial charge in [-0.05, 0) is 19.1 Å². The molecule has 3 heteroatoms. The molecule has 2 rings (SSSR count). The van der Waals surface area contributed by atoms with E-state index < -0.39 is 0 Å². The van der Waals surface area contributed by atoms with E-state index >= 15 is 0 Å². The maximum absolute atomic E-state index is 11.4. The molecule has 0 unspecified atom stereocenters. The molecule has 0 radical (unpaired) electrons. The van der Waals surface area contributed by atoms with Crippen LogP contribution < -0.4 is 0 Å². The van der Waals surface area contributed by atoms with Gasteiger partial charge in [-0.15, -0.1) is 0 Å². The van der Waals surface area contributed by atoms with Crippen LogP contribution in [-0.4, -0.2) is 16.6 Å². The number of carbonyl (C=O) groups is 2. The van der Waals surface area contributed by atoms with E-state index in [4.69, 9.17) is 0 Å². The predicted molar refractivity (Wildman–Crippen MR) is 43.2 cm³/mol. The van der Waals surface area contributed by atoms with Gasteiger partial charge in [0.2, 0.25) is 5.78 Å². The number of ketones is 2. The molecule has 0 saturated heterocycles. The summed E-state index contributed by atoms with van der Waals surface area (Å²) in [5.41, 5.74) is 1.40. The Kier molecular flexibility index (Phi) is 1.27. The molecule has 0 aliphatic heterocycles. The molecule has 0 aromatic carbocycles. The van der Waals surface area contributed by atoms with Crippen LogP contribution in [0.4, 0.5) is 0 Å². The van der Waals surface area contributed by atoms with Crippen molar-refractivity contribution >= 4 is 11.6 Å². The minimum absolute atomic E-state index is 0.0640. The van der Waals surface area contributed by atoms with Crippen molar-refractivity contribution in [2.45, 2.75) is 6.92 Å². The topological polar surface area (TPSA) is 49.9 Å². The quantitative estimate of drug-likeness (QED) is 0.624. The lowest BCUT2D eigenvalue weighted by molar-refractivity contribution is 0.0982. The maximum atomic E-state index is 11.4. The third-order valence-electron chi connectivity index (χ3n) is 1.94. The number of hydrogen-bond acceptors (Lipinski definition) is 2. The molecule has 1 aliphatic carbocycles. The molecule has 1 aromatic heterocycles. The third kappa shape index (κ3) is 0.763. The van der Waals surface area contributed by atoms with E-state index in [1.807, 2.05) is 0 Å². The normalized spacial score (nSPS) is 15.9. The van der Waals surface area contributed by atoms with Gasteiger partial charge in [0.05, 0.1) is 11.3 Å². The fourth-order valence-corrected chi connectivity index (χ4v) is 1.31. The van der Waals surface area contributed by atoms with E-state index in [1.165, 1.54) is 6.08 Å². The number of nitrogens with one attached hydrogen (secondary N) is 1. The van der Waals surface area contributed by atoms with Crippen molar-refractivity contribution in [2.75, 3.05) is 0 Å². The monoisotopic (exact) mass is 161 g/mol. The summed E-state index contributed by atoms with van der Waals surface area (Å²) in [6, 6.07) is 1.63. The summed E-state index contributed by atoms with van der Waals surface area (Å²) in [6.45, 7) is 1.65. The Bertz CT molecular complexity index is 398. The van der Waals surface area contributed by atoms with Crippen LogP contribution in [0.1, 0.15) is 27.8 Å². The minimum atomic E-state index is -0.118. The van der Waals surface area contributed by atoms with E-state index in [0.29, 0.717) is 16.8 Å². The first-order chi connectivity index (χ1) is 5.70. The number of H-pyrrole nitrogens is 1. The Morgan fingerprint density at radius 3 is 2.83 bits per heavy atom. The molecule has 3 nitrogen and oxygen atoms in total. The van der Waals surface area contributed by atoms with E-state index in [-0.39, 0.29) is 11.6 Å². The lowest BCUT2D eigenvalue weighted by Crippen LogP contribution is -2.13. The fraction of sp³-hybridized carbons (Fsp3) is 0.111. The van der Waals surface area contributed by atoms with Crippen molar-refractivity contribution in [1.29, 1.82) is 0 Å². The standard InChI is InChI=1S/C9H7NO2/c1-5-4-7(11)8-6(9(5)12)2-3-10-8/h2-4,10H,1H3. The number of aromatic amines is 1. The second kappa shape index (κ2) is 2.17. The summed E-state index contributed by atoms with van der Waals surface area (Å²) < 4.78 is 0. The van der Waals surface area contributed by atoms with E-state index in [1.54, 1.807) is 19.2 Å². The number of fused-ring (bicyclic) bond motifs is 1. The third-order valence-corrected chi connectivity index (χ3v) is 1.94. The van der Waals surface area contributed by atoms with Gasteiger partial charge in [-0.3, -0.25) is 9.59 Å². The van der Waals surface area contributed by atoms with Gasteiger partial charge in [0.15, 0.2) is 5.78 Å². The Hall–Kier alpha value is -1.64. The van der Waals surface area contributed by atoms with Crippen LogP contribution in [0.15, 0.2) is 23.9 Å². The van der Waals surface area contributed by atoms with Crippen molar-refractivity contribution in [1.82, 2.24) is 4.98 Å². The van der Waals surface area contributed by atoms with Crippen molar-refractivity contribution in [3.05, 3.63) is 35.2 Å². The van der Waals surface area contributed by atoms with Crippen LogP contribution in [0.2, 0.25) is 0 Å². The minimum Gasteiger partial charge on any atom is -0.358 e. The summed E-state index contributed by atoms with van der Waals surface area (Å²) in [6.07, 6.45) is 2.97. The van der Waals surface area contributed by atoms with Gasteiger partial charge in [0.25, 0.3) is 0 Å². The molecule has 1 aliphatic rings. The Morgan fingerprint density at radius 1 is 1.33 bits per heavy atom. The number of hydrogen-bond donors (Lipinski definition) is 1. The van der Waals surface area contributed by atoms with Gasteiger partial charge in [0.1, 0.15) is 0 Å². The number of rotatable bonds is 0. The fourth-order valence-electron chi connectivity index (χ4n) is 1.31. The molecular formula is C9H7NO2. The summed E-state index contributed by atoms with van der Waals surface area (Å²) >= 11 is 0. The molecule has 0 amide bonds. The number of Topliss-reactive ketones (excluding diaryl/α,β-unsaturated/α-hetero) is 1. The van der Waals surface area contributed by atoms with Gasteiger partial charge < -0.3 is 4.98 Å². The average Bonchev–Trinajstić information content (AvgIpc) is 2.48. The second-order valence-electron chi connectivity index (χ2n) is 2.79. The van der Waals surface area contributed by atoms with Crippen LogP contribution in [0.5, 0.6) is 0 Å². The summed E-state index contributed by atoms with van der Waals surface area (Å²) in [4.78, 5) is 25.4. The first-order valence-corrected chi connectivity index (χ1v) is 3.65. The highest BCUT2D eigenvalue weighted by atomic mass is 16.1. The molecule has 60 valence electrons. The van der Waals surface area contributed by atoms with Crippen molar-refractivity contribution in [2.24, 2.45) is 0 Å². The van der Waals surface area contributed by atoms with Crippen LogP contribution in [-0.2, 0) is 0 Å². The zero-order valence-corrected chi connectivity index (χ0v) is 6.55. The van der Waals surface area contributed by atoms with Crippen LogP contribution in [0, 0.1) is 0 Å². The first-order valence-electron chi connectivity index (χ1n) is 3.65. The van der Waals surface area contributed by atoms with E-state index in [9.17, 15) is 9.59 Å². The summed E-state index contributed by atoms with van der Waals surface area (Å²) in [5, 5.41) is 0. The molecule has 0 atom stereocenters. The van der Waals surface area contributed by atoms with Gasteiger partial charge in [0, 0.05) is 11.8 Å². The van der Waals surface area contributed by atoms with Crippen LogP contribution >= 0.6 is 0 Å². The highest BCUT2D eigenvalue weighted by molar-refractivity contribution is 6.23.